The van der Waals surface area contributed by atoms with E-state index in [1.54, 1.807) is 6.08 Å². The van der Waals surface area contributed by atoms with Crippen LogP contribution < -0.4 is 0 Å². The van der Waals surface area contributed by atoms with E-state index in [-0.39, 0.29) is 6.04 Å². The van der Waals surface area contributed by atoms with E-state index < -0.39 is 6.17 Å². The predicted octanol–water partition coefficient (Wildman–Crippen LogP) is 4.95. The number of aliphatic imine (C=N–C) groups is 3. The van der Waals surface area contributed by atoms with E-state index in [0.29, 0.717) is 11.8 Å². The van der Waals surface area contributed by atoms with Crippen LogP contribution in [0.3, 0.4) is 0 Å². The van der Waals surface area contributed by atoms with E-state index in [4.69, 9.17) is 4.99 Å². The molecule has 4 heteroatoms. The number of alkyl halides is 1. The minimum atomic E-state index is -0.903. The van der Waals surface area contributed by atoms with Crippen molar-refractivity contribution in [1.29, 1.82) is 0 Å². The zero-order valence-electron chi connectivity index (χ0n) is 15.9. The van der Waals surface area contributed by atoms with E-state index in [9.17, 15) is 4.39 Å². The van der Waals surface area contributed by atoms with Crippen molar-refractivity contribution in [3.63, 3.8) is 0 Å². The number of hydrogen-bond donors (Lipinski definition) is 0. The molecule has 140 valence electrons. The SMILES string of the molecule is CCCN=CC(N=C1C=CC(C2=CC(F)C(C)=C2)CC1)C1CCC=NC1. The molecule has 2 aliphatic carbocycles. The number of rotatable bonds is 6. The average molecular weight is 356 g/mol. The van der Waals surface area contributed by atoms with Crippen molar-refractivity contribution in [1.82, 2.24) is 0 Å². The maximum absolute atomic E-state index is 13.7. The van der Waals surface area contributed by atoms with Crippen LogP contribution in [0.1, 0.15) is 46.0 Å². The van der Waals surface area contributed by atoms with Gasteiger partial charge in [0.15, 0.2) is 0 Å². The summed E-state index contributed by atoms with van der Waals surface area (Å²) in [6, 6.07) is 0.123. The molecule has 4 unspecified atom stereocenters. The Labute approximate surface area is 156 Å². The van der Waals surface area contributed by atoms with Gasteiger partial charge in [-0.2, -0.15) is 0 Å². The normalized spacial score (nSPS) is 31.5. The molecule has 0 N–H and O–H groups in total. The zero-order valence-corrected chi connectivity index (χ0v) is 15.9. The van der Waals surface area contributed by atoms with Crippen LogP contribution in [0.2, 0.25) is 0 Å². The molecule has 0 aromatic carbocycles. The van der Waals surface area contributed by atoms with Crippen molar-refractivity contribution >= 4 is 18.1 Å². The molecule has 0 fully saturated rings. The van der Waals surface area contributed by atoms with Gasteiger partial charge in [-0.25, -0.2) is 4.39 Å². The molecular formula is C22H30FN3. The third-order valence-corrected chi connectivity index (χ3v) is 5.37. The van der Waals surface area contributed by atoms with E-state index in [2.05, 4.69) is 29.1 Å². The smallest absolute Gasteiger partial charge is 0.140 e. The van der Waals surface area contributed by atoms with Crippen molar-refractivity contribution in [2.75, 3.05) is 13.1 Å². The van der Waals surface area contributed by atoms with Gasteiger partial charge in [0.05, 0.1) is 6.04 Å². The largest absolute Gasteiger partial charge is 0.297 e. The van der Waals surface area contributed by atoms with Crippen molar-refractivity contribution < 1.29 is 4.39 Å². The van der Waals surface area contributed by atoms with E-state index in [1.165, 1.54) is 0 Å². The standard InChI is InChI=1S/C22H30FN3/c1-3-10-24-15-22(18-5-4-11-25-14-18)26-20-8-6-17(7-9-20)19-12-16(2)21(23)13-19/h6,8,11-13,15,17-18,21-22H,3-5,7,9-10,14H2,1-2H3. The quantitative estimate of drug-likeness (QED) is 0.605. The Kier molecular flexibility index (Phi) is 6.70. The van der Waals surface area contributed by atoms with Gasteiger partial charge in [-0.1, -0.05) is 19.1 Å². The zero-order chi connectivity index (χ0) is 18.4. The first-order valence-corrected chi connectivity index (χ1v) is 9.94. The highest BCUT2D eigenvalue weighted by atomic mass is 19.1. The Bertz CT molecular complexity index is 669. The molecule has 3 rings (SSSR count). The maximum atomic E-state index is 13.7. The third kappa shape index (κ3) is 4.87. The minimum Gasteiger partial charge on any atom is -0.297 e. The average Bonchev–Trinajstić information content (AvgIpc) is 3.01. The molecule has 0 aromatic heterocycles. The lowest BCUT2D eigenvalue weighted by Crippen LogP contribution is -2.27. The summed E-state index contributed by atoms with van der Waals surface area (Å²) in [5.74, 6) is 0.769. The van der Waals surface area contributed by atoms with Gasteiger partial charge in [-0.05, 0) is 68.5 Å². The summed E-state index contributed by atoms with van der Waals surface area (Å²) in [5.41, 5.74) is 3.07. The molecule has 0 aromatic rings. The maximum Gasteiger partial charge on any atom is 0.140 e. The van der Waals surface area contributed by atoms with Crippen LogP contribution in [-0.2, 0) is 0 Å². The predicted molar refractivity (Wildman–Crippen MR) is 110 cm³/mol. The molecule has 0 amide bonds. The summed E-state index contributed by atoms with van der Waals surface area (Å²) in [5, 5.41) is 0. The Balaban J connectivity index is 1.69. The molecule has 0 spiro atoms. The second-order valence-electron chi connectivity index (χ2n) is 7.51. The van der Waals surface area contributed by atoms with Gasteiger partial charge in [0.25, 0.3) is 0 Å². The summed E-state index contributed by atoms with van der Waals surface area (Å²) in [4.78, 5) is 14.0. The molecule has 3 aliphatic rings. The van der Waals surface area contributed by atoms with Crippen LogP contribution >= 0.6 is 0 Å². The Morgan fingerprint density at radius 1 is 1.38 bits per heavy atom. The first-order chi connectivity index (χ1) is 12.7. The van der Waals surface area contributed by atoms with E-state index >= 15 is 0 Å². The van der Waals surface area contributed by atoms with Crippen LogP contribution in [-0.4, -0.2) is 43.4 Å². The van der Waals surface area contributed by atoms with E-state index in [0.717, 1.165) is 62.1 Å². The van der Waals surface area contributed by atoms with Gasteiger partial charge in [0.1, 0.15) is 6.17 Å². The molecule has 0 radical (unpaired) electrons. The molecule has 26 heavy (non-hydrogen) atoms. The number of hydrogen-bond acceptors (Lipinski definition) is 3. The second kappa shape index (κ2) is 9.20. The van der Waals surface area contributed by atoms with E-state index in [1.807, 2.05) is 25.4 Å². The van der Waals surface area contributed by atoms with Crippen molar-refractivity contribution in [2.24, 2.45) is 26.8 Å². The number of allylic oxidation sites excluding steroid dienone is 6. The first kappa shape index (κ1) is 18.9. The number of nitrogens with zero attached hydrogens (tertiary/aromatic N) is 3. The lowest BCUT2D eigenvalue weighted by molar-refractivity contribution is 0.453. The fourth-order valence-electron chi connectivity index (χ4n) is 3.74. The minimum absolute atomic E-state index is 0.123. The molecule has 0 bridgehead atoms. The van der Waals surface area contributed by atoms with Gasteiger partial charge >= 0.3 is 0 Å². The fourth-order valence-corrected chi connectivity index (χ4v) is 3.74. The fraction of sp³-hybridized carbons (Fsp3) is 0.591. The highest BCUT2D eigenvalue weighted by Crippen LogP contribution is 2.31. The third-order valence-electron chi connectivity index (χ3n) is 5.37. The molecule has 4 atom stereocenters. The van der Waals surface area contributed by atoms with Gasteiger partial charge in [0, 0.05) is 36.9 Å². The molecule has 0 saturated carbocycles. The Morgan fingerprint density at radius 2 is 2.27 bits per heavy atom. The Morgan fingerprint density at radius 3 is 2.88 bits per heavy atom. The van der Waals surface area contributed by atoms with Crippen LogP contribution in [0, 0.1) is 11.8 Å². The molecule has 0 saturated heterocycles. The van der Waals surface area contributed by atoms with Crippen LogP contribution in [0.25, 0.3) is 0 Å². The van der Waals surface area contributed by atoms with Gasteiger partial charge in [-0.15, -0.1) is 0 Å². The lowest BCUT2D eigenvalue weighted by atomic mass is 9.88. The van der Waals surface area contributed by atoms with Gasteiger partial charge < -0.3 is 0 Å². The van der Waals surface area contributed by atoms with Crippen LogP contribution in [0.5, 0.6) is 0 Å². The summed E-state index contributed by atoms with van der Waals surface area (Å²) < 4.78 is 13.7. The topological polar surface area (TPSA) is 37.1 Å². The lowest BCUT2D eigenvalue weighted by Gasteiger charge is -2.24. The van der Waals surface area contributed by atoms with Gasteiger partial charge in [-0.3, -0.25) is 15.0 Å². The summed E-state index contributed by atoms with van der Waals surface area (Å²) in [7, 11) is 0. The Hall–Kier alpha value is -1.84. The molecular weight excluding hydrogens is 325 g/mol. The summed E-state index contributed by atoms with van der Waals surface area (Å²) in [6.07, 6.45) is 16.4. The second-order valence-corrected chi connectivity index (χ2v) is 7.51. The van der Waals surface area contributed by atoms with Gasteiger partial charge in [0.2, 0.25) is 0 Å². The first-order valence-electron chi connectivity index (χ1n) is 9.94. The van der Waals surface area contributed by atoms with Crippen molar-refractivity contribution in [2.45, 2.75) is 58.2 Å². The molecule has 1 aliphatic heterocycles. The highest BCUT2D eigenvalue weighted by Gasteiger charge is 2.24. The monoisotopic (exact) mass is 355 g/mol. The molecule has 3 nitrogen and oxygen atoms in total. The number of halogens is 1. The summed E-state index contributed by atoms with van der Waals surface area (Å²) >= 11 is 0. The summed E-state index contributed by atoms with van der Waals surface area (Å²) in [6.45, 7) is 5.71. The van der Waals surface area contributed by atoms with Crippen LogP contribution in [0.15, 0.2) is 50.4 Å². The molecule has 1 heterocycles. The van der Waals surface area contributed by atoms with Crippen molar-refractivity contribution in [3.8, 4) is 0 Å². The van der Waals surface area contributed by atoms with Crippen LogP contribution in [0.4, 0.5) is 4.39 Å². The highest BCUT2D eigenvalue weighted by molar-refractivity contribution is 5.97. The van der Waals surface area contributed by atoms with Crippen molar-refractivity contribution in [3.05, 3.63) is 35.5 Å².